The van der Waals surface area contributed by atoms with E-state index in [2.05, 4.69) is 0 Å². The summed E-state index contributed by atoms with van der Waals surface area (Å²) in [6.45, 7) is 0. The summed E-state index contributed by atoms with van der Waals surface area (Å²) in [6, 6.07) is 16.5. The second-order valence-electron chi connectivity index (χ2n) is 3.04. The summed E-state index contributed by atoms with van der Waals surface area (Å²) in [4.78, 5) is 1.52. The van der Waals surface area contributed by atoms with E-state index in [1.54, 1.807) is 18.2 Å². The van der Waals surface area contributed by atoms with E-state index in [1.165, 1.54) is 0 Å². The molecule has 2 aromatic carbocycles. The number of halogens is 1. The smallest absolute Gasteiger partial charge is 0.0850 e. The van der Waals surface area contributed by atoms with E-state index >= 15 is 0 Å². The number of benzene rings is 2. The summed E-state index contributed by atoms with van der Waals surface area (Å²) in [6.07, 6.45) is 0. The predicted molar refractivity (Wildman–Crippen MR) is 62.6 cm³/mol. The quantitative estimate of drug-likeness (QED) is 0.780. The van der Waals surface area contributed by atoms with Gasteiger partial charge in [-0.3, -0.25) is 0 Å². The standard InChI is InChI=1S/C12H9ClOS/c13-10-5-4-8-12(9-10)15(14)11-6-2-1-3-7-11/h1-9H. The summed E-state index contributed by atoms with van der Waals surface area (Å²) >= 11 is 5.84. The molecule has 0 N–H and O–H groups in total. The first kappa shape index (κ1) is 10.4. The minimum absolute atomic E-state index is 0.608. The van der Waals surface area contributed by atoms with Crippen molar-refractivity contribution in [2.45, 2.75) is 9.79 Å². The molecule has 0 aromatic heterocycles. The molecular formula is C12H9ClOS. The average Bonchev–Trinajstić information content (AvgIpc) is 2.29. The van der Waals surface area contributed by atoms with Gasteiger partial charge in [0.25, 0.3) is 0 Å². The molecule has 1 unspecified atom stereocenters. The lowest BCUT2D eigenvalue weighted by molar-refractivity contribution is 0.683. The minimum Gasteiger partial charge on any atom is -0.249 e. The van der Waals surface area contributed by atoms with Gasteiger partial charge in [-0.25, -0.2) is 4.21 Å². The Kier molecular flexibility index (Phi) is 3.19. The number of rotatable bonds is 2. The van der Waals surface area contributed by atoms with E-state index in [-0.39, 0.29) is 0 Å². The molecule has 0 bridgehead atoms. The van der Waals surface area contributed by atoms with Crippen LogP contribution in [0.3, 0.4) is 0 Å². The fourth-order valence-corrected chi connectivity index (χ4v) is 2.63. The lowest BCUT2D eigenvalue weighted by atomic mass is 10.4. The molecule has 0 fully saturated rings. The molecule has 0 saturated heterocycles. The van der Waals surface area contributed by atoms with Crippen LogP contribution in [-0.2, 0) is 10.8 Å². The summed E-state index contributed by atoms with van der Waals surface area (Å²) in [5, 5.41) is 0.608. The fourth-order valence-electron chi connectivity index (χ4n) is 1.26. The predicted octanol–water partition coefficient (Wildman–Crippen LogP) is 3.51. The minimum atomic E-state index is -1.14. The van der Waals surface area contributed by atoms with Gasteiger partial charge < -0.3 is 0 Å². The second-order valence-corrected chi connectivity index (χ2v) is 4.96. The molecule has 0 radical (unpaired) electrons. The first-order valence-corrected chi connectivity index (χ1v) is 6.02. The molecule has 0 saturated carbocycles. The first-order chi connectivity index (χ1) is 7.27. The Morgan fingerprint density at radius 2 is 1.53 bits per heavy atom. The van der Waals surface area contributed by atoms with Gasteiger partial charge in [0.2, 0.25) is 0 Å². The molecule has 1 atom stereocenters. The van der Waals surface area contributed by atoms with Crippen molar-refractivity contribution in [1.82, 2.24) is 0 Å². The molecule has 0 aliphatic rings. The van der Waals surface area contributed by atoms with E-state index in [1.807, 2.05) is 36.4 Å². The van der Waals surface area contributed by atoms with Crippen molar-refractivity contribution >= 4 is 22.4 Å². The van der Waals surface area contributed by atoms with Gasteiger partial charge in [-0.15, -0.1) is 0 Å². The summed E-state index contributed by atoms with van der Waals surface area (Å²) in [5.41, 5.74) is 0. The van der Waals surface area contributed by atoms with Crippen LogP contribution in [0.15, 0.2) is 64.4 Å². The van der Waals surface area contributed by atoms with E-state index in [0.29, 0.717) is 5.02 Å². The third-order valence-corrected chi connectivity index (χ3v) is 3.58. The van der Waals surface area contributed by atoms with Gasteiger partial charge in [-0.2, -0.15) is 0 Å². The van der Waals surface area contributed by atoms with Crippen LogP contribution >= 0.6 is 11.6 Å². The topological polar surface area (TPSA) is 17.1 Å². The molecule has 1 nitrogen and oxygen atoms in total. The lowest BCUT2D eigenvalue weighted by Crippen LogP contribution is -1.91. The Hall–Kier alpha value is -1.12. The Balaban J connectivity index is 2.37. The van der Waals surface area contributed by atoms with Crippen LogP contribution < -0.4 is 0 Å². The second kappa shape index (κ2) is 4.60. The zero-order chi connectivity index (χ0) is 10.7. The highest BCUT2D eigenvalue weighted by molar-refractivity contribution is 7.85. The van der Waals surface area contributed by atoms with E-state index in [4.69, 9.17) is 11.6 Å². The molecule has 0 heterocycles. The SMILES string of the molecule is O=S(c1ccccc1)c1cccc(Cl)c1. The molecule has 76 valence electrons. The van der Waals surface area contributed by atoms with Crippen molar-refractivity contribution in [3.63, 3.8) is 0 Å². The Morgan fingerprint density at radius 1 is 0.867 bits per heavy atom. The molecule has 3 heteroatoms. The van der Waals surface area contributed by atoms with Crippen LogP contribution in [0, 0.1) is 0 Å². The maximum absolute atomic E-state index is 12.1. The molecule has 0 aliphatic carbocycles. The molecule has 0 amide bonds. The van der Waals surface area contributed by atoms with Crippen molar-refractivity contribution in [2.24, 2.45) is 0 Å². The molecular weight excluding hydrogens is 228 g/mol. The van der Waals surface area contributed by atoms with Crippen molar-refractivity contribution in [2.75, 3.05) is 0 Å². The largest absolute Gasteiger partial charge is 0.249 e. The van der Waals surface area contributed by atoms with Crippen LogP contribution in [0.5, 0.6) is 0 Å². The van der Waals surface area contributed by atoms with Crippen LogP contribution in [0.4, 0.5) is 0 Å². The van der Waals surface area contributed by atoms with Gasteiger partial charge in [-0.05, 0) is 30.3 Å². The number of hydrogen-bond donors (Lipinski definition) is 0. The van der Waals surface area contributed by atoms with Crippen LogP contribution in [0.2, 0.25) is 5.02 Å². The van der Waals surface area contributed by atoms with E-state index in [9.17, 15) is 4.21 Å². The Morgan fingerprint density at radius 3 is 2.20 bits per heavy atom. The van der Waals surface area contributed by atoms with Crippen molar-refractivity contribution in [3.8, 4) is 0 Å². The van der Waals surface area contributed by atoms with Gasteiger partial charge in [0.05, 0.1) is 10.8 Å². The van der Waals surface area contributed by atoms with E-state index in [0.717, 1.165) is 9.79 Å². The van der Waals surface area contributed by atoms with Crippen molar-refractivity contribution in [3.05, 3.63) is 59.6 Å². The molecule has 2 rings (SSSR count). The zero-order valence-electron chi connectivity index (χ0n) is 7.89. The maximum Gasteiger partial charge on any atom is 0.0850 e. The van der Waals surface area contributed by atoms with Crippen LogP contribution in [0.25, 0.3) is 0 Å². The van der Waals surface area contributed by atoms with E-state index < -0.39 is 10.8 Å². The lowest BCUT2D eigenvalue weighted by Gasteiger charge is -2.01. The van der Waals surface area contributed by atoms with Crippen molar-refractivity contribution in [1.29, 1.82) is 0 Å². The van der Waals surface area contributed by atoms with Crippen molar-refractivity contribution < 1.29 is 4.21 Å². The average molecular weight is 237 g/mol. The Labute approximate surface area is 96.2 Å². The monoisotopic (exact) mass is 236 g/mol. The van der Waals surface area contributed by atoms with Gasteiger partial charge in [0.1, 0.15) is 0 Å². The van der Waals surface area contributed by atoms with Crippen LogP contribution in [0.1, 0.15) is 0 Å². The molecule has 0 spiro atoms. The van der Waals surface area contributed by atoms with Gasteiger partial charge in [-0.1, -0.05) is 35.9 Å². The zero-order valence-corrected chi connectivity index (χ0v) is 9.46. The highest BCUT2D eigenvalue weighted by atomic mass is 35.5. The highest BCUT2D eigenvalue weighted by Crippen LogP contribution is 2.19. The van der Waals surface area contributed by atoms with Gasteiger partial charge in [0, 0.05) is 14.8 Å². The van der Waals surface area contributed by atoms with Gasteiger partial charge in [0.15, 0.2) is 0 Å². The Bertz CT molecular complexity index is 482. The third kappa shape index (κ3) is 2.46. The highest BCUT2D eigenvalue weighted by Gasteiger charge is 2.05. The van der Waals surface area contributed by atoms with Crippen LogP contribution in [-0.4, -0.2) is 4.21 Å². The summed E-state index contributed by atoms with van der Waals surface area (Å²) in [5.74, 6) is 0. The fraction of sp³-hybridized carbons (Fsp3) is 0. The summed E-state index contributed by atoms with van der Waals surface area (Å²) < 4.78 is 12.1. The van der Waals surface area contributed by atoms with Gasteiger partial charge >= 0.3 is 0 Å². The first-order valence-electron chi connectivity index (χ1n) is 4.50. The summed E-state index contributed by atoms with van der Waals surface area (Å²) in [7, 11) is -1.14. The molecule has 2 aromatic rings. The maximum atomic E-state index is 12.1. The molecule has 0 aliphatic heterocycles. The molecule has 15 heavy (non-hydrogen) atoms. The third-order valence-electron chi connectivity index (χ3n) is 1.97. The number of hydrogen-bond acceptors (Lipinski definition) is 1. The normalized spacial score (nSPS) is 12.3.